The van der Waals surface area contributed by atoms with Gasteiger partial charge in [-0.05, 0) is 31.9 Å². The van der Waals surface area contributed by atoms with Gasteiger partial charge in [-0.3, -0.25) is 4.79 Å². The third-order valence-electron chi connectivity index (χ3n) is 3.77. The van der Waals surface area contributed by atoms with Crippen molar-refractivity contribution < 1.29 is 14.3 Å². The van der Waals surface area contributed by atoms with E-state index in [9.17, 15) is 4.79 Å². The number of imidazole rings is 1. The maximum Gasteiger partial charge on any atom is 0.246 e. The minimum Gasteiger partial charge on any atom is -0.376 e. The van der Waals surface area contributed by atoms with E-state index in [4.69, 9.17) is 9.47 Å². The summed E-state index contributed by atoms with van der Waals surface area (Å²) in [6.45, 7) is 3.78. The first-order valence-corrected chi connectivity index (χ1v) is 7.62. The molecule has 0 bridgehead atoms. The molecule has 0 aromatic carbocycles. The number of ether oxygens (including phenoxy) is 2. The van der Waals surface area contributed by atoms with Gasteiger partial charge in [0.05, 0.1) is 24.9 Å². The molecular formula is C16H21N3O3. The molecule has 3 heterocycles. The van der Waals surface area contributed by atoms with Crippen LogP contribution in [-0.4, -0.2) is 41.2 Å². The average Bonchev–Trinajstić information content (AvgIpc) is 3.15. The SMILES string of the molecule is Cc1cccc2nc(CNC(=O)COC[C@@H]3CCCO3)cn12. The Morgan fingerprint density at radius 2 is 2.45 bits per heavy atom. The summed E-state index contributed by atoms with van der Waals surface area (Å²) < 4.78 is 12.8. The van der Waals surface area contributed by atoms with E-state index in [1.54, 1.807) is 0 Å². The zero-order valence-electron chi connectivity index (χ0n) is 12.7. The number of carbonyl (C=O) groups excluding carboxylic acids is 1. The van der Waals surface area contributed by atoms with Gasteiger partial charge >= 0.3 is 0 Å². The maximum absolute atomic E-state index is 11.8. The van der Waals surface area contributed by atoms with Crippen LogP contribution in [0, 0.1) is 6.92 Å². The number of amides is 1. The lowest BCUT2D eigenvalue weighted by atomic mass is 10.2. The Bertz CT molecular complexity index is 647. The van der Waals surface area contributed by atoms with Gasteiger partial charge in [0, 0.05) is 18.5 Å². The number of aromatic nitrogens is 2. The van der Waals surface area contributed by atoms with Crippen molar-refractivity contribution in [3.63, 3.8) is 0 Å². The minimum absolute atomic E-state index is 0.0618. The number of carbonyl (C=O) groups is 1. The second-order valence-electron chi connectivity index (χ2n) is 5.55. The summed E-state index contributed by atoms with van der Waals surface area (Å²) in [6, 6.07) is 5.94. The largest absolute Gasteiger partial charge is 0.376 e. The van der Waals surface area contributed by atoms with Crippen molar-refractivity contribution in [3.05, 3.63) is 35.8 Å². The molecule has 0 unspecified atom stereocenters. The van der Waals surface area contributed by atoms with Gasteiger partial charge in [-0.25, -0.2) is 4.98 Å². The number of pyridine rings is 1. The van der Waals surface area contributed by atoms with Crippen molar-refractivity contribution in [2.75, 3.05) is 19.8 Å². The Labute approximate surface area is 129 Å². The first-order chi connectivity index (χ1) is 10.7. The molecule has 6 nitrogen and oxygen atoms in total. The highest BCUT2D eigenvalue weighted by atomic mass is 16.5. The normalized spacial score (nSPS) is 18.0. The predicted octanol–water partition coefficient (Wildman–Crippen LogP) is 1.45. The van der Waals surface area contributed by atoms with E-state index >= 15 is 0 Å². The van der Waals surface area contributed by atoms with Crippen LogP contribution in [-0.2, 0) is 20.8 Å². The van der Waals surface area contributed by atoms with Gasteiger partial charge < -0.3 is 19.2 Å². The molecule has 0 radical (unpaired) electrons. The Balaban J connectivity index is 1.44. The zero-order valence-corrected chi connectivity index (χ0v) is 12.7. The van der Waals surface area contributed by atoms with Crippen LogP contribution in [0.2, 0.25) is 0 Å². The van der Waals surface area contributed by atoms with E-state index < -0.39 is 0 Å². The first-order valence-electron chi connectivity index (χ1n) is 7.62. The highest BCUT2D eigenvalue weighted by Crippen LogP contribution is 2.11. The summed E-state index contributed by atoms with van der Waals surface area (Å²) >= 11 is 0. The summed E-state index contributed by atoms with van der Waals surface area (Å²) in [6.07, 6.45) is 4.18. The predicted molar refractivity (Wildman–Crippen MR) is 81.6 cm³/mol. The molecule has 118 valence electrons. The fourth-order valence-corrected chi connectivity index (χ4v) is 2.58. The number of hydrogen-bond donors (Lipinski definition) is 1. The maximum atomic E-state index is 11.8. The third kappa shape index (κ3) is 3.64. The van der Waals surface area contributed by atoms with E-state index in [0.29, 0.717) is 13.2 Å². The standard InChI is InChI=1S/C16H21N3O3/c1-12-4-2-6-15-18-13(9-19(12)15)8-17-16(20)11-21-10-14-5-3-7-22-14/h2,4,6,9,14H,3,5,7-8,10-11H2,1H3,(H,17,20)/t14-/m0/s1. The van der Waals surface area contributed by atoms with Crippen molar-refractivity contribution in [1.29, 1.82) is 0 Å². The van der Waals surface area contributed by atoms with Gasteiger partial charge in [0.2, 0.25) is 5.91 Å². The molecule has 1 aliphatic rings. The molecule has 1 atom stereocenters. The van der Waals surface area contributed by atoms with Gasteiger partial charge in [0.25, 0.3) is 0 Å². The summed E-state index contributed by atoms with van der Waals surface area (Å²) in [7, 11) is 0. The Kier molecular flexibility index (Phi) is 4.70. The molecule has 1 fully saturated rings. The van der Waals surface area contributed by atoms with E-state index in [1.807, 2.05) is 35.7 Å². The number of fused-ring (bicyclic) bond motifs is 1. The minimum atomic E-state index is -0.133. The summed E-state index contributed by atoms with van der Waals surface area (Å²) in [4.78, 5) is 16.2. The van der Waals surface area contributed by atoms with Gasteiger partial charge in [0.1, 0.15) is 12.3 Å². The van der Waals surface area contributed by atoms with Crippen molar-refractivity contribution in [2.24, 2.45) is 0 Å². The molecule has 1 aliphatic heterocycles. The van der Waals surface area contributed by atoms with Crippen LogP contribution in [0.4, 0.5) is 0 Å². The van der Waals surface area contributed by atoms with E-state index in [1.165, 1.54) is 0 Å². The monoisotopic (exact) mass is 303 g/mol. The van der Waals surface area contributed by atoms with E-state index in [-0.39, 0.29) is 18.6 Å². The Morgan fingerprint density at radius 1 is 1.55 bits per heavy atom. The van der Waals surface area contributed by atoms with Crippen LogP contribution < -0.4 is 5.32 Å². The van der Waals surface area contributed by atoms with Crippen molar-refractivity contribution >= 4 is 11.6 Å². The number of nitrogens with zero attached hydrogens (tertiary/aromatic N) is 2. The second kappa shape index (κ2) is 6.89. The topological polar surface area (TPSA) is 64.9 Å². The van der Waals surface area contributed by atoms with Crippen molar-refractivity contribution in [1.82, 2.24) is 14.7 Å². The third-order valence-corrected chi connectivity index (χ3v) is 3.77. The highest BCUT2D eigenvalue weighted by molar-refractivity contribution is 5.77. The molecule has 22 heavy (non-hydrogen) atoms. The molecule has 2 aromatic rings. The highest BCUT2D eigenvalue weighted by Gasteiger charge is 2.16. The van der Waals surface area contributed by atoms with Crippen LogP contribution in [0.25, 0.3) is 5.65 Å². The average molecular weight is 303 g/mol. The second-order valence-corrected chi connectivity index (χ2v) is 5.55. The molecule has 1 N–H and O–H groups in total. The van der Waals surface area contributed by atoms with Gasteiger partial charge in [-0.2, -0.15) is 0 Å². The first kappa shape index (κ1) is 15.0. The number of rotatable bonds is 6. The Hall–Kier alpha value is -1.92. The van der Waals surface area contributed by atoms with Crippen LogP contribution >= 0.6 is 0 Å². The van der Waals surface area contributed by atoms with Crippen LogP contribution in [0.15, 0.2) is 24.4 Å². The molecule has 1 amide bonds. The van der Waals surface area contributed by atoms with Crippen molar-refractivity contribution in [2.45, 2.75) is 32.4 Å². The lowest BCUT2D eigenvalue weighted by Crippen LogP contribution is -2.28. The summed E-state index contributed by atoms with van der Waals surface area (Å²) in [5, 5.41) is 2.82. The molecule has 0 saturated carbocycles. The lowest BCUT2D eigenvalue weighted by molar-refractivity contribution is -0.127. The molecular weight excluding hydrogens is 282 g/mol. The lowest BCUT2D eigenvalue weighted by Gasteiger charge is -2.09. The molecule has 6 heteroatoms. The van der Waals surface area contributed by atoms with Gasteiger partial charge in [0.15, 0.2) is 0 Å². The van der Waals surface area contributed by atoms with Crippen LogP contribution in [0.3, 0.4) is 0 Å². The summed E-state index contributed by atoms with van der Waals surface area (Å²) in [5.41, 5.74) is 2.84. The molecule has 0 aliphatic carbocycles. The van der Waals surface area contributed by atoms with Gasteiger partial charge in [-0.15, -0.1) is 0 Å². The Morgan fingerprint density at radius 3 is 3.23 bits per heavy atom. The van der Waals surface area contributed by atoms with Crippen molar-refractivity contribution in [3.8, 4) is 0 Å². The number of aryl methyl sites for hydroxylation is 1. The number of nitrogens with one attached hydrogen (secondary N) is 1. The number of hydrogen-bond acceptors (Lipinski definition) is 4. The fourth-order valence-electron chi connectivity index (χ4n) is 2.58. The smallest absolute Gasteiger partial charge is 0.246 e. The van der Waals surface area contributed by atoms with E-state index in [0.717, 1.165) is 36.5 Å². The zero-order chi connectivity index (χ0) is 15.4. The van der Waals surface area contributed by atoms with Crippen LogP contribution in [0.5, 0.6) is 0 Å². The van der Waals surface area contributed by atoms with Gasteiger partial charge in [-0.1, -0.05) is 6.07 Å². The fraction of sp³-hybridized carbons (Fsp3) is 0.500. The molecule has 0 spiro atoms. The van der Waals surface area contributed by atoms with E-state index in [2.05, 4.69) is 10.3 Å². The molecule has 3 rings (SSSR count). The quantitative estimate of drug-likeness (QED) is 0.877. The molecule has 1 saturated heterocycles. The van der Waals surface area contributed by atoms with Crippen LogP contribution in [0.1, 0.15) is 24.2 Å². The molecule has 2 aromatic heterocycles. The summed E-state index contributed by atoms with van der Waals surface area (Å²) in [5.74, 6) is -0.133.